The van der Waals surface area contributed by atoms with Gasteiger partial charge in [-0.25, -0.2) is 4.39 Å². The lowest BCUT2D eigenvalue weighted by atomic mass is 9.93. The Morgan fingerprint density at radius 2 is 1.73 bits per heavy atom. The number of halogens is 1. The first kappa shape index (κ1) is 25.2. The first-order valence-electron chi connectivity index (χ1n) is 13.1. The Morgan fingerprint density at radius 3 is 2.41 bits per heavy atom. The van der Waals surface area contributed by atoms with Crippen molar-refractivity contribution in [3.8, 4) is 11.1 Å². The van der Waals surface area contributed by atoms with Crippen LogP contribution in [0.1, 0.15) is 52.0 Å². The molecule has 5 nitrogen and oxygen atoms in total. The molecule has 1 saturated carbocycles. The van der Waals surface area contributed by atoms with Crippen LogP contribution in [0.25, 0.3) is 16.7 Å². The third-order valence-electron chi connectivity index (χ3n) is 7.24. The number of amides is 2. The molecule has 37 heavy (non-hydrogen) atoms. The first-order chi connectivity index (χ1) is 17.8. The summed E-state index contributed by atoms with van der Waals surface area (Å²) in [6.07, 6.45) is 8.15. The molecule has 192 valence electrons. The lowest BCUT2D eigenvalue weighted by Gasteiger charge is -2.33. The number of nitrogens with zero attached hydrogens (tertiary/aromatic N) is 1. The summed E-state index contributed by atoms with van der Waals surface area (Å²) in [5.41, 5.74) is 5.72. The molecule has 2 N–H and O–H groups in total. The molecule has 0 aromatic heterocycles. The van der Waals surface area contributed by atoms with Crippen LogP contribution in [0, 0.1) is 5.82 Å². The SMILES string of the molecule is CC(C)=C/C(C(=O)N1CCC(NC2CC2)CC1)=C(C)/C=C1\C(=O)Nc2cccc(-c3cccc(F)c3)c21. The van der Waals surface area contributed by atoms with Gasteiger partial charge in [-0.15, -0.1) is 0 Å². The van der Waals surface area contributed by atoms with Gasteiger partial charge in [-0.3, -0.25) is 9.59 Å². The number of anilines is 1. The van der Waals surface area contributed by atoms with E-state index in [1.54, 1.807) is 12.1 Å². The smallest absolute Gasteiger partial charge is 0.256 e. The number of hydrogen-bond donors (Lipinski definition) is 2. The first-order valence-corrected chi connectivity index (χ1v) is 13.1. The summed E-state index contributed by atoms with van der Waals surface area (Å²) in [7, 11) is 0. The minimum atomic E-state index is -0.332. The topological polar surface area (TPSA) is 61.4 Å². The van der Waals surface area contributed by atoms with Crippen LogP contribution in [0.15, 0.2) is 71.3 Å². The number of carbonyl (C=O) groups is 2. The summed E-state index contributed by atoms with van der Waals surface area (Å²) in [4.78, 5) is 28.7. The molecule has 2 aromatic rings. The third kappa shape index (κ3) is 5.59. The summed E-state index contributed by atoms with van der Waals surface area (Å²) in [5, 5.41) is 6.62. The molecule has 0 spiro atoms. The minimum absolute atomic E-state index is 0.00235. The van der Waals surface area contributed by atoms with Crippen LogP contribution in [-0.4, -0.2) is 41.9 Å². The van der Waals surface area contributed by atoms with E-state index in [9.17, 15) is 14.0 Å². The van der Waals surface area contributed by atoms with Crippen molar-refractivity contribution in [2.45, 2.75) is 58.5 Å². The number of benzene rings is 2. The molecule has 2 aromatic carbocycles. The fourth-order valence-electron chi connectivity index (χ4n) is 5.21. The van der Waals surface area contributed by atoms with E-state index in [-0.39, 0.29) is 17.6 Å². The predicted molar refractivity (Wildman–Crippen MR) is 146 cm³/mol. The maximum absolute atomic E-state index is 14.0. The van der Waals surface area contributed by atoms with Crippen molar-refractivity contribution < 1.29 is 14.0 Å². The second-order valence-corrected chi connectivity index (χ2v) is 10.6. The minimum Gasteiger partial charge on any atom is -0.339 e. The summed E-state index contributed by atoms with van der Waals surface area (Å²) in [6, 6.07) is 13.1. The molecule has 1 aliphatic carbocycles. The highest BCUT2D eigenvalue weighted by molar-refractivity contribution is 6.33. The van der Waals surface area contributed by atoms with Crippen molar-refractivity contribution in [3.63, 3.8) is 0 Å². The van der Waals surface area contributed by atoms with Gasteiger partial charge in [0.15, 0.2) is 0 Å². The molecular formula is C31H34FN3O2. The fraction of sp³-hybridized carbons (Fsp3) is 0.355. The molecule has 3 aliphatic rings. The second kappa shape index (κ2) is 10.5. The highest BCUT2D eigenvalue weighted by Crippen LogP contribution is 2.40. The number of piperidine rings is 1. The third-order valence-corrected chi connectivity index (χ3v) is 7.24. The number of allylic oxidation sites excluding steroid dienone is 3. The zero-order valence-electron chi connectivity index (χ0n) is 21.7. The molecule has 2 aliphatic heterocycles. The van der Waals surface area contributed by atoms with Gasteiger partial charge in [0.25, 0.3) is 11.8 Å². The van der Waals surface area contributed by atoms with Crippen molar-refractivity contribution >= 4 is 23.1 Å². The van der Waals surface area contributed by atoms with Gasteiger partial charge in [0.05, 0.1) is 0 Å². The van der Waals surface area contributed by atoms with E-state index in [1.165, 1.54) is 25.0 Å². The van der Waals surface area contributed by atoms with Crippen LogP contribution >= 0.6 is 0 Å². The van der Waals surface area contributed by atoms with Crippen molar-refractivity contribution in [1.82, 2.24) is 10.2 Å². The van der Waals surface area contributed by atoms with Gasteiger partial charge in [-0.05, 0) is 87.4 Å². The lowest BCUT2D eigenvalue weighted by molar-refractivity contribution is -0.128. The zero-order chi connectivity index (χ0) is 26.1. The number of rotatable bonds is 6. The zero-order valence-corrected chi connectivity index (χ0v) is 21.7. The standard InChI is InChI=1S/C31H34FN3O2/c1-19(2)16-26(31(37)35-14-12-24(13-15-35)33-23-10-11-23)20(3)17-27-29-25(21-6-4-7-22(32)18-21)8-5-9-28(29)34-30(27)36/h4-9,16-18,23-24,33H,10-15H2,1-3H3,(H,34,36)/b26-20-,27-17-. The molecule has 0 radical (unpaired) electrons. The van der Waals surface area contributed by atoms with E-state index in [2.05, 4.69) is 10.6 Å². The van der Waals surface area contributed by atoms with Crippen molar-refractivity contribution in [3.05, 3.63) is 82.7 Å². The summed E-state index contributed by atoms with van der Waals surface area (Å²) >= 11 is 0. The molecule has 2 fully saturated rings. The van der Waals surface area contributed by atoms with Crippen LogP contribution < -0.4 is 10.6 Å². The van der Waals surface area contributed by atoms with E-state index in [0.29, 0.717) is 34.5 Å². The number of nitrogens with one attached hydrogen (secondary N) is 2. The summed E-state index contributed by atoms with van der Waals surface area (Å²) in [6.45, 7) is 7.27. The van der Waals surface area contributed by atoms with Gasteiger partial charge in [0.2, 0.25) is 0 Å². The Hall–Kier alpha value is -3.51. The highest BCUT2D eigenvalue weighted by Gasteiger charge is 2.31. The van der Waals surface area contributed by atoms with E-state index in [1.807, 2.05) is 56.0 Å². The quantitative estimate of drug-likeness (QED) is 0.387. The molecular weight excluding hydrogens is 465 g/mol. The number of likely N-dealkylation sites (tertiary alicyclic amines) is 1. The monoisotopic (exact) mass is 499 g/mol. The van der Waals surface area contributed by atoms with Gasteiger partial charge < -0.3 is 15.5 Å². The van der Waals surface area contributed by atoms with Crippen LogP contribution in [0.5, 0.6) is 0 Å². The Kier molecular flexibility index (Phi) is 7.11. The maximum atomic E-state index is 14.0. The molecule has 0 atom stereocenters. The van der Waals surface area contributed by atoms with Crippen molar-refractivity contribution in [2.24, 2.45) is 0 Å². The normalized spacial score (nSPS) is 19.4. The maximum Gasteiger partial charge on any atom is 0.256 e. The van der Waals surface area contributed by atoms with Crippen LogP contribution in [0.4, 0.5) is 10.1 Å². The van der Waals surface area contributed by atoms with E-state index in [4.69, 9.17) is 0 Å². The molecule has 2 heterocycles. The second-order valence-electron chi connectivity index (χ2n) is 10.6. The fourth-order valence-corrected chi connectivity index (χ4v) is 5.21. The van der Waals surface area contributed by atoms with Gasteiger partial charge in [0, 0.05) is 47.6 Å². The number of carbonyl (C=O) groups excluding carboxylic acids is 2. The molecule has 6 heteroatoms. The van der Waals surface area contributed by atoms with Crippen molar-refractivity contribution in [1.29, 1.82) is 0 Å². The molecule has 0 unspecified atom stereocenters. The molecule has 2 amide bonds. The van der Waals surface area contributed by atoms with E-state index >= 15 is 0 Å². The van der Waals surface area contributed by atoms with Gasteiger partial charge in [-0.1, -0.05) is 35.9 Å². The molecule has 0 bridgehead atoms. The largest absolute Gasteiger partial charge is 0.339 e. The predicted octanol–water partition coefficient (Wildman–Crippen LogP) is 5.85. The van der Waals surface area contributed by atoms with E-state index in [0.717, 1.165) is 48.2 Å². The van der Waals surface area contributed by atoms with Crippen LogP contribution in [-0.2, 0) is 9.59 Å². The average Bonchev–Trinajstić information content (AvgIpc) is 3.64. The Balaban J connectivity index is 1.48. The highest BCUT2D eigenvalue weighted by atomic mass is 19.1. The van der Waals surface area contributed by atoms with Crippen LogP contribution in [0.2, 0.25) is 0 Å². The lowest BCUT2D eigenvalue weighted by Crippen LogP contribution is -2.45. The summed E-state index contributed by atoms with van der Waals surface area (Å²) in [5.74, 6) is -0.562. The Morgan fingerprint density at radius 1 is 1.03 bits per heavy atom. The van der Waals surface area contributed by atoms with Gasteiger partial charge >= 0.3 is 0 Å². The molecule has 5 rings (SSSR count). The molecule has 1 saturated heterocycles. The average molecular weight is 500 g/mol. The summed E-state index contributed by atoms with van der Waals surface area (Å²) < 4.78 is 14.0. The Labute approximate surface area is 218 Å². The van der Waals surface area contributed by atoms with Gasteiger partial charge in [-0.2, -0.15) is 0 Å². The van der Waals surface area contributed by atoms with Gasteiger partial charge in [0.1, 0.15) is 5.82 Å². The van der Waals surface area contributed by atoms with Crippen molar-refractivity contribution in [2.75, 3.05) is 18.4 Å². The van der Waals surface area contributed by atoms with Crippen LogP contribution in [0.3, 0.4) is 0 Å². The Bertz CT molecular complexity index is 1320. The number of hydrogen-bond acceptors (Lipinski definition) is 3. The van der Waals surface area contributed by atoms with E-state index < -0.39 is 0 Å². The number of fused-ring (bicyclic) bond motifs is 1.